The van der Waals surface area contributed by atoms with Gasteiger partial charge in [-0.25, -0.2) is 9.66 Å². The molecule has 0 aliphatic carbocycles. The molecule has 3 heterocycles. The molecule has 1 aliphatic rings. The lowest BCUT2D eigenvalue weighted by atomic mass is 10.1. The van der Waals surface area contributed by atoms with Crippen LogP contribution in [-0.4, -0.2) is 28.2 Å². The third-order valence-electron chi connectivity index (χ3n) is 5.02. The van der Waals surface area contributed by atoms with Crippen LogP contribution in [0.1, 0.15) is 27.4 Å². The predicted molar refractivity (Wildman–Crippen MR) is 104 cm³/mol. The van der Waals surface area contributed by atoms with Crippen LogP contribution < -0.4 is 16.1 Å². The van der Waals surface area contributed by atoms with Crippen LogP contribution in [-0.2, 0) is 19.6 Å². The van der Waals surface area contributed by atoms with Gasteiger partial charge in [-0.05, 0) is 56.1 Å². The number of nitrogen functional groups attached to an aromatic ring is 1. The van der Waals surface area contributed by atoms with E-state index in [1.54, 1.807) is 11.3 Å². The van der Waals surface area contributed by atoms with Crippen molar-refractivity contribution >= 4 is 21.6 Å². The Balaban J connectivity index is 1.68. The van der Waals surface area contributed by atoms with E-state index in [1.165, 1.54) is 10.4 Å². The number of thiophene rings is 1. The molecule has 136 valence electrons. The SMILES string of the molecule is Cc1ccc(OCc2nc3sc4c(c3c(=O)n2N)CCN(C)C4)cc1C. The Kier molecular flexibility index (Phi) is 4.20. The van der Waals surface area contributed by atoms with E-state index in [-0.39, 0.29) is 12.2 Å². The number of hydrogen-bond acceptors (Lipinski definition) is 6. The zero-order chi connectivity index (χ0) is 18.4. The van der Waals surface area contributed by atoms with Crippen molar-refractivity contribution in [3.05, 3.63) is 55.9 Å². The minimum Gasteiger partial charge on any atom is -0.486 e. The van der Waals surface area contributed by atoms with Crippen molar-refractivity contribution in [3.63, 3.8) is 0 Å². The van der Waals surface area contributed by atoms with Crippen LogP contribution in [0.25, 0.3) is 10.2 Å². The van der Waals surface area contributed by atoms with Gasteiger partial charge in [0.25, 0.3) is 5.56 Å². The summed E-state index contributed by atoms with van der Waals surface area (Å²) in [5, 5.41) is 0.676. The maximum absolute atomic E-state index is 12.8. The van der Waals surface area contributed by atoms with Gasteiger partial charge in [-0.15, -0.1) is 11.3 Å². The van der Waals surface area contributed by atoms with Gasteiger partial charge in [-0.3, -0.25) is 4.79 Å². The van der Waals surface area contributed by atoms with Crippen molar-refractivity contribution in [2.24, 2.45) is 0 Å². The minimum atomic E-state index is -0.185. The first kappa shape index (κ1) is 17.1. The van der Waals surface area contributed by atoms with Crippen LogP contribution in [0.2, 0.25) is 0 Å². The summed E-state index contributed by atoms with van der Waals surface area (Å²) in [5.74, 6) is 7.22. The first-order valence-corrected chi connectivity index (χ1v) is 9.45. The van der Waals surface area contributed by atoms with Gasteiger partial charge in [-0.2, -0.15) is 0 Å². The molecule has 0 atom stereocenters. The minimum absolute atomic E-state index is 0.159. The molecule has 2 N–H and O–H groups in total. The molecule has 4 rings (SSSR count). The smallest absolute Gasteiger partial charge is 0.281 e. The Morgan fingerprint density at radius 2 is 2.12 bits per heavy atom. The zero-order valence-electron chi connectivity index (χ0n) is 15.2. The van der Waals surface area contributed by atoms with Crippen LogP contribution in [0.4, 0.5) is 0 Å². The van der Waals surface area contributed by atoms with E-state index in [0.29, 0.717) is 11.2 Å². The van der Waals surface area contributed by atoms with Gasteiger partial charge in [0.05, 0.1) is 5.39 Å². The molecule has 26 heavy (non-hydrogen) atoms. The van der Waals surface area contributed by atoms with Gasteiger partial charge >= 0.3 is 0 Å². The van der Waals surface area contributed by atoms with Crippen molar-refractivity contribution in [3.8, 4) is 5.75 Å². The Hall–Kier alpha value is -2.38. The fourth-order valence-electron chi connectivity index (χ4n) is 3.28. The van der Waals surface area contributed by atoms with Crippen molar-refractivity contribution in [1.82, 2.24) is 14.6 Å². The molecule has 0 amide bonds. The number of likely N-dealkylation sites (N-methyl/N-ethyl adjacent to an activating group) is 1. The third kappa shape index (κ3) is 2.87. The third-order valence-corrected chi connectivity index (χ3v) is 6.13. The quantitative estimate of drug-likeness (QED) is 0.717. The second kappa shape index (κ2) is 6.41. The van der Waals surface area contributed by atoms with Crippen molar-refractivity contribution in [2.75, 3.05) is 19.4 Å². The highest BCUT2D eigenvalue weighted by Crippen LogP contribution is 2.32. The average molecular weight is 370 g/mol. The van der Waals surface area contributed by atoms with E-state index in [0.717, 1.165) is 45.9 Å². The molecule has 3 aromatic rings. The summed E-state index contributed by atoms with van der Waals surface area (Å²) >= 11 is 1.59. The standard InChI is InChI=1S/C19H22N4O2S/c1-11-4-5-13(8-12(11)2)25-10-16-21-18-17(19(24)23(16)20)14-6-7-22(3)9-15(14)26-18/h4-5,8H,6-7,9-10,20H2,1-3H3. The average Bonchev–Trinajstić information content (AvgIpc) is 2.97. The maximum Gasteiger partial charge on any atom is 0.281 e. The van der Waals surface area contributed by atoms with Gasteiger partial charge in [0.2, 0.25) is 0 Å². The van der Waals surface area contributed by atoms with Crippen LogP contribution in [0.5, 0.6) is 5.75 Å². The highest BCUT2D eigenvalue weighted by atomic mass is 32.1. The van der Waals surface area contributed by atoms with Crippen LogP contribution in [0.3, 0.4) is 0 Å². The number of hydrogen-bond donors (Lipinski definition) is 1. The van der Waals surface area contributed by atoms with Crippen LogP contribution >= 0.6 is 11.3 Å². The molecule has 0 saturated carbocycles. The van der Waals surface area contributed by atoms with Crippen LogP contribution in [0.15, 0.2) is 23.0 Å². The molecule has 0 radical (unpaired) electrons. The molecule has 1 aromatic carbocycles. The Bertz CT molecular complexity index is 1050. The summed E-state index contributed by atoms with van der Waals surface area (Å²) in [6.45, 7) is 6.06. The number of fused-ring (bicyclic) bond motifs is 3. The van der Waals surface area contributed by atoms with E-state index < -0.39 is 0 Å². The number of nitrogens with zero attached hydrogens (tertiary/aromatic N) is 3. The van der Waals surface area contributed by atoms with Crippen molar-refractivity contribution in [2.45, 2.75) is 33.4 Å². The number of rotatable bonds is 3. The Morgan fingerprint density at radius 1 is 1.31 bits per heavy atom. The van der Waals surface area contributed by atoms with Crippen molar-refractivity contribution in [1.29, 1.82) is 0 Å². The summed E-state index contributed by atoms with van der Waals surface area (Å²) in [6.07, 6.45) is 0.862. The molecule has 0 fully saturated rings. The molecular weight excluding hydrogens is 348 g/mol. The van der Waals surface area contributed by atoms with Gasteiger partial charge in [0.15, 0.2) is 5.82 Å². The molecule has 0 bridgehead atoms. The monoisotopic (exact) mass is 370 g/mol. The van der Waals surface area contributed by atoms with Crippen molar-refractivity contribution < 1.29 is 4.74 Å². The normalized spacial score (nSPS) is 14.6. The second-order valence-corrected chi connectivity index (χ2v) is 7.99. The van der Waals surface area contributed by atoms with Crippen LogP contribution in [0, 0.1) is 13.8 Å². The molecular formula is C19H22N4O2S. The summed E-state index contributed by atoms with van der Waals surface area (Å²) in [4.78, 5) is 21.7. The molecule has 7 heteroatoms. The number of aromatic nitrogens is 2. The fraction of sp³-hybridized carbons (Fsp3) is 0.368. The summed E-state index contributed by atoms with van der Waals surface area (Å²) in [7, 11) is 2.09. The highest BCUT2D eigenvalue weighted by molar-refractivity contribution is 7.18. The summed E-state index contributed by atoms with van der Waals surface area (Å²) < 4.78 is 6.96. The van der Waals surface area contributed by atoms with E-state index in [9.17, 15) is 4.79 Å². The van der Waals surface area contributed by atoms with E-state index in [2.05, 4.69) is 23.9 Å². The van der Waals surface area contributed by atoms with E-state index in [1.807, 2.05) is 25.1 Å². The Labute approximate surface area is 155 Å². The number of benzene rings is 1. The number of nitrogens with two attached hydrogens (primary N) is 1. The molecule has 0 unspecified atom stereocenters. The first-order valence-electron chi connectivity index (χ1n) is 8.64. The molecule has 0 saturated heterocycles. The van der Waals surface area contributed by atoms with E-state index in [4.69, 9.17) is 10.6 Å². The van der Waals surface area contributed by atoms with E-state index >= 15 is 0 Å². The van der Waals surface area contributed by atoms with Gasteiger partial charge in [0.1, 0.15) is 17.2 Å². The maximum atomic E-state index is 12.8. The second-order valence-electron chi connectivity index (χ2n) is 6.91. The zero-order valence-corrected chi connectivity index (χ0v) is 16.0. The van der Waals surface area contributed by atoms with Gasteiger partial charge in [0, 0.05) is 18.0 Å². The molecule has 1 aliphatic heterocycles. The lowest BCUT2D eigenvalue weighted by Crippen LogP contribution is -2.33. The summed E-state index contributed by atoms with van der Waals surface area (Å²) in [6, 6.07) is 5.91. The first-order chi connectivity index (χ1) is 12.4. The number of ether oxygens (including phenoxy) is 1. The van der Waals surface area contributed by atoms with Gasteiger partial charge < -0.3 is 15.5 Å². The largest absolute Gasteiger partial charge is 0.486 e. The lowest BCUT2D eigenvalue weighted by molar-refractivity contribution is 0.291. The lowest BCUT2D eigenvalue weighted by Gasteiger charge is -2.21. The highest BCUT2D eigenvalue weighted by Gasteiger charge is 2.23. The topological polar surface area (TPSA) is 73.4 Å². The predicted octanol–water partition coefficient (Wildman–Crippen LogP) is 2.36. The molecule has 6 nitrogen and oxygen atoms in total. The molecule has 0 spiro atoms. The van der Waals surface area contributed by atoms with Gasteiger partial charge in [-0.1, -0.05) is 6.07 Å². The number of aryl methyl sites for hydroxylation is 2. The molecule has 2 aromatic heterocycles. The Morgan fingerprint density at radius 3 is 2.88 bits per heavy atom. The fourth-order valence-corrected chi connectivity index (χ4v) is 4.59. The summed E-state index contributed by atoms with van der Waals surface area (Å²) in [5.41, 5.74) is 3.30.